The number of aromatic nitrogens is 1. The van der Waals surface area contributed by atoms with Crippen molar-refractivity contribution in [2.45, 2.75) is 13.2 Å². The fourth-order valence-electron chi connectivity index (χ4n) is 3.61. The summed E-state index contributed by atoms with van der Waals surface area (Å²) in [5, 5.41) is 11.9. The van der Waals surface area contributed by atoms with Crippen molar-refractivity contribution in [1.82, 2.24) is 4.98 Å². The molecule has 9 heteroatoms. The number of esters is 1. The van der Waals surface area contributed by atoms with Gasteiger partial charge in [0.2, 0.25) is 0 Å². The summed E-state index contributed by atoms with van der Waals surface area (Å²) in [6.07, 6.45) is 1.53. The molecule has 0 atom stereocenters. The van der Waals surface area contributed by atoms with Crippen LogP contribution >= 0.6 is 0 Å². The molecule has 2 aromatic carbocycles. The van der Waals surface area contributed by atoms with E-state index in [-0.39, 0.29) is 25.7 Å². The van der Waals surface area contributed by atoms with Crippen LogP contribution in [0.15, 0.2) is 65.3 Å². The number of carbonyl (C=O) groups is 1. The van der Waals surface area contributed by atoms with E-state index in [1.807, 2.05) is 6.07 Å². The first-order valence-electron chi connectivity index (χ1n) is 9.71. The second kappa shape index (κ2) is 8.12. The standard InChI is InChI=1S/C23H16N2O7/c26-23(31-12-15-9-16(25(27)28)8-14-11-29-13-32-22(14)15)18-10-20(21-6-3-7-30-21)24-19-5-2-1-4-17(18)19/h1-10H,11-13H2. The Hall–Kier alpha value is -4.24. The molecular weight excluding hydrogens is 416 g/mol. The number of non-ortho nitro benzene ring substituents is 1. The highest BCUT2D eigenvalue weighted by atomic mass is 16.7. The van der Waals surface area contributed by atoms with E-state index in [0.29, 0.717) is 44.8 Å². The van der Waals surface area contributed by atoms with E-state index in [4.69, 9.17) is 18.6 Å². The summed E-state index contributed by atoms with van der Waals surface area (Å²) in [7, 11) is 0. The number of fused-ring (bicyclic) bond motifs is 2. The summed E-state index contributed by atoms with van der Waals surface area (Å²) in [6.45, 7) is 0.00228. The third-order valence-corrected chi connectivity index (χ3v) is 5.05. The van der Waals surface area contributed by atoms with Gasteiger partial charge >= 0.3 is 5.97 Å². The predicted octanol–water partition coefficient (Wildman–Crippen LogP) is 4.63. The molecular formula is C23H16N2O7. The number of nitro groups is 1. The molecule has 0 aliphatic carbocycles. The molecule has 0 bridgehead atoms. The monoisotopic (exact) mass is 432 g/mol. The van der Waals surface area contributed by atoms with Gasteiger partial charge in [0.1, 0.15) is 18.1 Å². The number of ether oxygens (including phenoxy) is 3. The first-order valence-corrected chi connectivity index (χ1v) is 9.71. The van der Waals surface area contributed by atoms with E-state index < -0.39 is 10.9 Å². The number of pyridine rings is 1. The summed E-state index contributed by atoms with van der Waals surface area (Å²) in [5.41, 5.74) is 2.22. The van der Waals surface area contributed by atoms with Crippen LogP contribution < -0.4 is 4.74 Å². The zero-order valence-electron chi connectivity index (χ0n) is 16.6. The Balaban J connectivity index is 1.49. The maximum Gasteiger partial charge on any atom is 0.339 e. The molecule has 0 radical (unpaired) electrons. The van der Waals surface area contributed by atoms with Gasteiger partial charge < -0.3 is 18.6 Å². The van der Waals surface area contributed by atoms with Gasteiger partial charge in [0.05, 0.1) is 28.9 Å². The number of rotatable bonds is 5. The lowest BCUT2D eigenvalue weighted by molar-refractivity contribution is -0.385. The Morgan fingerprint density at radius 2 is 2.03 bits per heavy atom. The fourth-order valence-corrected chi connectivity index (χ4v) is 3.61. The van der Waals surface area contributed by atoms with Crippen molar-refractivity contribution in [3.8, 4) is 17.2 Å². The fraction of sp³-hybridized carbons (Fsp3) is 0.130. The summed E-state index contributed by atoms with van der Waals surface area (Å²) in [6, 6.07) is 15.0. The number of carbonyl (C=O) groups excluding carboxylic acids is 1. The molecule has 0 fully saturated rings. The molecule has 9 nitrogen and oxygen atoms in total. The molecule has 2 aromatic heterocycles. The third-order valence-electron chi connectivity index (χ3n) is 5.05. The van der Waals surface area contributed by atoms with E-state index in [2.05, 4.69) is 4.98 Å². The van der Waals surface area contributed by atoms with Crippen molar-refractivity contribution in [1.29, 1.82) is 0 Å². The van der Waals surface area contributed by atoms with Crippen molar-refractivity contribution in [2.24, 2.45) is 0 Å². The molecule has 0 amide bonds. The highest BCUT2D eigenvalue weighted by Gasteiger charge is 2.23. The number of nitro benzene ring substituents is 1. The van der Waals surface area contributed by atoms with Gasteiger partial charge in [-0.15, -0.1) is 0 Å². The molecule has 3 heterocycles. The van der Waals surface area contributed by atoms with Gasteiger partial charge in [-0.2, -0.15) is 0 Å². The van der Waals surface area contributed by atoms with Crippen LogP contribution in [0.3, 0.4) is 0 Å². The smallest absolute Gasteiger partial charge is 0.339 e. The molecule has 5 rings (SSSR count). The average molecular weight is 432 g/mol. The third kappa shape index (κ3) is 3.65. The summed E-state index contributed by atoms with van der Waals surface area (Å²) in [5.74, 6) is 0.361. The van der Waals surface area contributed by atoms with Gasteiger partial charge in [0.15, 0.2) is 12.6 Å². The van der Waals surface area contributed by atoms with Crippen molar-refractivity contribution < 1.29 is 28.3 Å². The van der Waals surface area contributed by atoms with Crippen LogP contribution in [0.1, 0.15) is 21.5 Å². The SMILES string of the molecule is O=C(OCc1cc([N+](=O)[O-])cc2c1OCOC2)c1cc(-c2ccco2)nc2ccccc12. The van der Waals surface area contributed by atoms with E-state index in [9.17, 15) is 14.9 Å². The first kappa shape index (κ1) is 19.7. The number of furan rings is 1. The largest absolute Gasteiger partial charge is 0.467 e. The van der Waals surface area contributed by atoms with Gasteiger partial charge in [-0.25, -0.2) is 9.78 Å². The second-order valence-electron chi connectivity index (χ2n) is 7.09. The van der Waals surface area contributed by atoms with E-state index in [1.54, 1.807) is 36.4 Å². The van der Waals surface area contributed by atoms with Gasteiger partial charge in [-0.1, -0.05) is 18.2 Å². The van der Waals surface area contributed by atoms with Gasteiger partial charge in [0.25, 0.3) is 5.69 Å². The van der Waals surface area contributed by atoms with Crippen LogP contribution in [-0.4, -0.2) is 22.7 Å². The minimum atomic E-state index is -0.594. The maximum atomic E-state index is 13.1. The van der Waals surface area contributed by atoms with Gasteiger partial charge in [-0.05, 0) is 24.3 Å². The molecule has 160 valence electrons. The lowest BCUT2D eigenvalue weighted by Gasteiger charge is -2.20. The second-order valence-corrected chi connectivity index (χ2v) is 7.09. The van der Waals surface area contributed by atoms with Crippen molar-refractivity contribution >= 4 is 22.6 Å². The summed E-state index contributed by atoms with van der Waals surface area (Å²) >= 11 is 0. The van der Waals surface area contributed by atoms with E-state index >= 15 is 0 Å². The minimum Gasteiger partial charge on any atom is -0.467 e. The molecule has 32 heavy (non-hydrogen) atoms. The number of hydrogen-bond donors (Lipinski definition) is 0. The van der Waals surface area contributed by atoms with Crippen LogP contribution in [0.4, 0.5) is 5.69 Å². The average Bonchev–Trinajstić information content (AvgIpc) is 3.36. The quantitative estimate of drug-likeness (QED) is 0.255. The van der Waals surface area contributed by atoms with Crippen LogP contribution in [0.25, 0.3) is 22.4 Å². The molecule has 1 aliphatic heterocycles. The number of nitrogens with zero attached hydrogens (tertiary/aromatic N) is 2. The van der Waals surface area contributed by atoms with Gasteiger partial charge in [0, 0.05) is 28.6 Å². The van der Waals surface area contributed by atoms with Crippen LogP contribution in [0.2, 0.25) is 0 Å². The normalized spacial score (nSPS) is 12.8. The molecule has 0 N–H and O–H groups in total. The highest BCUT2D eigenvalue weighted by Crippen LogP contribution is 2.33. The summed E-state index contributed by atoms with van der Waals surface area (Å²) in [4.78, 5) is 28.4. The Morgan fingerprint density at radius 3 is 2.84 bits per heavy atom. The van der Waals surface area contributed by atoms with Crippen molar-refractivity contribution in [3.05, 3.63) is 87.7 Å². The Kier molecular flexibility index (Phi) is 5.00. The van der Waals surface area contributed by atoms with Crippen LogP contribution in [-0.2, 0) is 22.7 Å². The molecule has 0 spiro atoms. The lowest BCUT2D eigenvalue weighted by Crippen LogP contribution is -2.15. The molecule has 0 unspecified atom stereocenters. The minimum absolute atomic E-state index is 0.0211. The zero-order valence-corrected chi connectivity index (χ0v) is 16.6. The molecule has 4 aromatic rings. The summed E-state index contributed by atoms with van der Waals surface area (Å²) < 4.78 is 21.7. The maximum absolute atomic E-state index is 13.1. The number of hydrogen-bond acceptors (Lipinski definition) is 8. The van der Waals surface area contributed by atoms with E-state index in [1.165, 1.54) is 18.4 Å². The molecule has 0 saturated carbocycles. The van der Waals surface area contributed by atoms with Crippen LogP contribution in [0, 0.1) is 10.1 Å². The first-order chi connectivity index (χ1) is 15.6. The number of benzene rings is 2. The molecule has 1 aliphatic rings. The van der Waals surface area contributed by atoms with E-state index in [0.717, 1.165) is 0 Å². The zero-order chi connectivity index (χ0) is 22.1. The predicted molar refractivity (Wildman–Crippen MR) is 112 cm³/mol. The lowest BCUT2D eigenvalue weighted by atomic mass is 10.1. The van der Waals surface area contributed by atoms with Crippen molar-refractivity contribution in [3.63, 3.8) is 0 Å². The highest BCUT2D eigenvalue weighted by molar-refractivity contribution is 6.04. The molecule has 0 saturated heterocycles. The number of para-hydroxylation sites is 1. The Morgan fingerprint density at radius 1 is 1.16 bits per heavy atom. The Labute approximate surface area is 181 Å². The topological polar surface area (TPSA) is 114 Å². The van der Waals surface area contributed by atoms with Crippen LogP contribution in [0.5, 0.6) is 5.75 Å². The Bertz CT molecular complexity index is 1330. The van der Waals surface area contributed by atoms with Gasteiger partial charge in [-0.3, -0.25) is 10.1 Å². The van der Waals surface area contributed by atoms with Crippen molar-refractivity contribution in [2.75, 3.05) is 6.79 Å².